The van der Waals surface area contributed by atoms with E-state index in [4.69, 9.17) is 5.73 Å². The van der Waals surface area contributed by atoms with Gasteiger partial charge in [-0.25, -0.2) is 9.59 Å². The molecule has 0 atom stereocenters. The average Bonchev–Trinajstić information content (AvgIpc) is 2.56. The molecule has 1 aliphatic heterocycles. The van der Waals surface area contributed by atoms with E-state index >= 15 is 0 Å². The maximum Gasteiger partial charge on any atom is 0.325 e. The minimum Gasteiger partial charge on any atom is -0.351 e. The van der Waals surface area contributed by atoms with E-state index in [0.717, 1.165) is 30.6 Å². The third kappa shape index (κ3) is 2.73. The van der Waals surface area contributed by atoms with Crippen LogP contribution < -0.4 is 16.4 Å². The van der Waals surface area contributed by atoms with Gasteiger partial charge in [0, 0.05) is 0 Å². The third-order valence-corrected chi connectivity index (χ3v) is 3.77. The predicted octanol–water partition coefficient (Wildman–Crippen LogP) is -0.174. The highest BCUT2D eigenvalue weighted by atomic mass is 16.2. The standard InChI is InChI=1S/C12H18N4O4/c13-10(19)14-8(17)7-16-9(18)12(15-11(16)20)5-3-1-2-4-6-12/h1-7H2,(H,15,20)(H3,13,14,17,19). The monoisotopic (exact) mass is 282 g/mol. The van der Waals surface area contributed by atoms with E-state index in [2.05, 4.69) is 5.32 Å². The molecule has 0 unspecified atom stereocenters. The van der Waals surface area contributed by atoms with Crippen molar-refractivity contribution in [3.8, 4) is 0 Å². The minimum atomic E-state index is -1.01. The van der Waals surface area contributed by atoms with Crippen molar-refractivity contribution in [2.75, 3.05) is 6.54 Å². The number of nitrogens with one attached hydrogen (secondary N) is 2. The molecule has 20 heavy (non-hydrogen) atoms. The van der Waals surface area contributed by atoms with Gasteiger partial charge in [0.2, 0.25) is 5.91 Å². The number of primary amides is 1. The molecule has 0 aromatic heterocycles. The van der Waals surface area contributed by atoms with Crippen LogP contribution >= 0.6 is 0 Å². The molecule has 110 valence electrons. The lowest BCUT2D eigenvalue weighted by Gasteiger charge is -2.24. The van der Waals surface area contributed by atoms with Crippen LogP contribution in [-0.2, 0) is 9.59 Å². The molecule has 0 aromatic carbocycles. The number of carbonyl (C=O) groups is 4. The van der Waals surface area contributed by atoms with Crippen molar-refractivity contribution >= 4 is 23.9 Å². The van der Waals surface area contributed by atoms with Crippen LogP contribution in [0.1, 0.15) is 38.5 Å². The van der Waals surface area contributed by atoms with Crippen LogP contribution in [0, 0.1) is 0 Å². The van der Waals surface area contributed by atoms with E-state index in [9.17, 15) is 19.2 Å². The second-order valence-electron chi connectivity index (χ2n) is 5.23. The van der Waals surface area contributed by atoms with Gasteiger partial charge < -0.3 is 11.1 Å². The number of rotatable bonds is 2. The Morgan fingerprint density at radius 2 is 1.80 bits per heavy atom. The molecule has 4 N–H and O–H groups in total. The molecule has 8 nitrogen and oxygen atoms in total. The van der Waals surface area contributed by atoms with Crippen molar-refractivity contribution in [3.63, 3.8) is 0 Å². The molecule has 8 heteroatoms. The number of urea groups is 2. The summed E-state index contributed by atoms with van der Waals surface area (Å²) in [7, 11) is 0. The van der Waals surface area contributed by atoms with Gasteiger partial charge >= 0.3 is 12.1 Å². The Labute approximate surface area is 116 Å². The van der Waals surface area contributed by atoms with E-state index in [1.807, 2.05) is 5.32 Å². The predicted molar refractivity (Wildman–Crippen MR) is 68.4 cm³/mol. The van der Waals surface area contributed by atoms with E-state index < -0.39 is 30.1 Å². The van der Waals surface area contributed by atoms with Gasteiger partial charge in [0.15, 0.2) is 0 Å². The summed E-state index contributed by atoms with van der Waals surface area (Å²) in [6, 6.07) is -1.59. The average molecular weight is 282 g/mol. The number of carbonyl (C=O) groups excluding carboxylic acids is 4. The molecule has 1 saturated heterocycles. The van der Waals surface area contributed by atoms with Crippen LogP contribution in [0.15, 0.2) is 0 Å². The van der Waals surface area contributed by atoms with Gasteiger partial charge in [-0.15, -0.1) is 0 Å². The Balaban J connectivity index is 2.08. The maximum atomic E-state index is 12.4. The summed E-state index contributed by atoms with van der Waals surface area (Å²) in [6.45, 7) is -0.491. The van der Waals surface area contributed by atoms with Gasteiger partial charge in [-0.1, -0.05) is 25.7 Å². The molecular formula is C12H18N4O4. The van der Waals surface area contributed by atoms with Crippen LogP contribution in [-0.4, -0.2) is 40.9 Å². The largest absolute Gasteiger partial charge is 0.351 e. The summed E-state index contributed by atoms with van der Waals surface area (Å²) in [5.41, 5.74) is 3.94. The Kier molecular flexibility index (Phi) is 3.91. The van der Waals surface area contributed by atoms with Gasteiger partial charge in [0.25, 0.3) is 5.91 Å². The summed E-state index contributed by atoms with van der Waals surface area (Å²) >= 11 is 0. The molecule has 1 aliphatic carbocycles. The molecule has 0 radical (unpaired) electrons. The number of imide groups is 2. The summed E-state index contributed by atoms with van der Waals surface area (Å²) in [6.07, 6.45) is 4.98. The van der Waals surface area contributed by atoms with Crippen LogP contribution in [0.25, 0.3) is 0 Å². The number of hydrogen-bond acceptors (Lipinski definition) is 4. The number of amides is 6. The zero-order valence-electron chi connectivity index (χ0n) is 11.1. The van der Waals surface area contributed by atoms with E-state index in [-0.39, 0.29) is 5.91 Å². The second-order valence-corrected chi connectivity index (χ2v) is 5.23. The smallest absolute Gasteiger partial charge is 0.325 e. The Morgan fingerprint density at radius 1 is 1.20 bits per heavy atom. The SMILES string of the molecule is NC(=O)NC(=O)CN1C(=O)NC2(CCCCCC2)C1=O. The van der Waals surface area contributed by atoms with E-state index in [1.165, 1.54) is 0 Å². The molecule has 1 saturated carbocycles. The Bertz CT molecular complexity index is 454. The van der Waals surface area contributed by atoms with Crippen molar-refractivity contribution in [3.05, 3.63) is 0 Å². The fraction of sp³-hybridized carbons (Fsp3) is 0.667. The maximum absolute atomic E-state index is 12.4. The molecule has 0 bridgehead atoms. The van der Waals surface area contributed by atoms with Gasteiger partial charge in [0.1, 0.15) is 12.1 Å². The molecule has 2 aliphatic rings. The molecular weight excluding hydrogens is 264 g/mol. The first-order valence-electron chi connectivity index (χ1n) is 6.68. The molecule has 1 heterocycles. The lowest BCUT2D eigenvalue weighted by molar-refractivity contribution is -0.135. The van der Waals surface area contributed by atoms with Gasteiger partial charge in [0.05, 0.1) is 0 Å². The van der Waals surface area contributed by atoms with Crippen molar-refractivity contribution in [1.29, 1.82) is 0 Å². The van der Waals surface area contributed by atoms with Crippen molar-refractivity contribution in [2.24, 2.45) is 5.73 Å². The summed E-state index contributed by atoms with van der Waals surface area (Å²) in [5, 5.41) is 4.55. The van der Waals surface area contributed by atoms with E-state index in [1.54, 1.807) is 0 Å². The topological polar surface area (TPSA) is 122 Å². The van der Waals surface area contributed by atoms with Gasteiger partial charge in [-0.2, -0.15) is 0 Å². The molecule has 1 spiro atoms. The second kappa shape index (κ2) is 5.48. The number of hydrogen-bond donors (Lipinski definition) is 3. The van der Waals surface area contributed by atoms with Gasteiger partial charge in [-0.3, -0.25) is 19.8 Å². The van der Waals surface area contributed by atoms with Crippen LogP contribution in [0.5, 0.6) is 0 Å². The first kappa shape index (κ1) is 14.3. The van der Waals surface area contributed by atoms with Gasteiger partial charge in [-0.05, 0) is 12.8 Å². The van der Waals surface area contributed by atoms with Crippen LogP contribution in [0.3, 0.4) is 0 Å². The van der Waals surface area contributed by atoms with E-state index in [0.29, 0.717) is 12.8 Å². The molecule has 2 rings (SSSR count). The highest BCUT2D eigenvalue weighted by molar-refractivity contribution is 6.09. The van der Waals surface area contributed by atoms with Crippen molar-refractivity contribution in [2.45, 2.75) is 44.1 Å². The normalized spacial score (nSPS) is 21.5. The summed E-state index contributed by atoms with van der Waals surface area (Å²) in [5.74, 6) is -1.16. The number of nitrogens with zero attached hydrogens (tertiary/aromatic N) is 1. The van der Waals surface area contributed by atoms with Crippen LogP contribution in [0.2, 0.25) is 0 Å². The van der Waals surface area contributed by atoms with Crippen molar-refractivity contribution in [1.82, 2.24) is 15.5 Å². The molecule has 2 fully saturated rings. The highest BCUT2D eigenvalue weighted by Gasteiger charge is 2.51. The minimum absolute atomic E-state index is 0.385. The number of nitrogens with two attached hydrogens (primary N) is 1. The zero-order valence-corrected chi connectivity index (χ0v) is 11.1. The lowest BCUT2D eigenvalue weighted by Crippen LogP contribution is -2.48. The zero-order chi connectivity index (χ0) is 14.8. The fourth-order valence-electron chi connectivity index (χ4n) is 2.81. The molecule has 0 aromatic rings. The first-order chi connectivity index (χ1) is 9.44. The molecule has 6 amide bonds. The van der Waals surface area contributed by atoms with Crippen molar-refractivity contribution < 1.29 is 19.2 Å². The highest BCUT2D eigenvalue weighted by Crippen LogP contribution is 2.32. The third-order valence-electron chi connectivity index (χ3n) is 3.77. The van der Waals surface area contributed by atoms with Crippen LogP contribution in [0.4, 0.5) is 9.59 Å². The Morgan fingerprint density at radius 3 is 2.35 bits per heavy atom. The Hall–Kier alpha value is -2.12. The summed E-state index contributed by atoms with van der Waals surface area (Å²) in [4.78, 5) is 47.2. The first-order valence-corrected chi connectivity index (χ1v) is 6.68. The lowest BCUT2D eigenvalue weighted by atomic mass is 9.90. The summed E-state index contributed by atoms with van der Waals surface area (Å²) < 4.78 is 0. The fourth-order valence-corrected chi connectivity index (χ4v) is 2.81. The quantitative estimate of drug-likeness (QED) is 0.608.